The molecular formula is C15H22N4. The van der Waals surface area contributed by atoms with E-state index in [1.807, 2.05) is 19.9 Å². The van der Waals surface area contributed by atoms with Gasteiger partial charge >= 0.3 is 0 Å². The topological polar surface area (TPSA) is 52.0 Å². The molecule has 1 N–H and O–H groups in total. The Morgan fingerprint density at radius 2 is 1.95 bits per heavy atom. The quantitative estimate of drug-likeness (QED) is 0.885. The summed E-state index contributed by atoms with van der Waals surface area (Å²) in [5.74, 6) is 0. The number of pyridine rings is 1. The molecule has 4 nitrogen and oxygen atoms in total. The molecule has 1 aromatic rings. The van der Waals surface area contributed by atoms with Crippen LogP contribution in [0.3, 0.4) is 0 Å². The van der Waals surface area contributed by atoms with E-state index >= 15 is 0 Å². The van der Waals surface area contributed by atoms with Gasteiger partial charge in [0, 0.05) is 17.8 Å². The van der Waals surface area contributed by atoms with Crippen molar-refractivity contribution in [1.29, 1.82) is 5.26 Å². The summed E-state index contributed by atoms with van der Waals surface area (Å²) in [5, 5.41) is 11.6. The molecule has 0 bridgehead atoms. The summed E-state index contributed by atoms with van der Waals surface area (Å²) in [6, 6.07) is 5.20. The van der Waals surface area contributed by atoms with E-state index in [1.54, 1.807) is 0 Å². The van der Waals surface area contributed by atoms with Crippen LogP contribution in [0.4, 0.5) is 5.69 Å². The number of nitrogens with zero attached hydrogens (tertiary/aromatic N) is 3. The van der Waals surface area contributed by atoms with E-state index in [1.165, 1.54) is 19.3 Å². The van der Waals surface area contributed by atoms with Crippen molar-refractivity contribution >= 4 is 5.69 Å². The Balaban J connectivity index is 2.30. The van der Waals surface area contributed by atoms with E-state index in [2.05, 4.69) is 35.3 Å². The maximum Gasteiger partial charge on any atom is 0.103 e. The predicted octanol–water partition coefficient (Wildman–Crippen LogP) is 3.16. The minimum Gasteiger partial charge on any atom is -0.317 e. The Labute approximate surface area is 115 Å². The lowest BCUT2D eigenvalue weighted by atomic mass is 10.00. The number of hydrazine groups is 1. The summed E-state index contributed by atoms with van der Waals surface area (Å²) >= 11 is 0. The van der Waals surface area contributed by atoms with Gasteiger partial charge < -0.3 is 5.43 Å². The largest absolute Gasteiger partial charge is 0.317 e. The normalized spacial score (nSPS) is 23.9. The number of hydrogen-bond acceptors (Lipinski definition) is 4. The molecule has 19 heavy (non-hydrogen) atoms. The van der Waals surface area contributed by atoms with Crippen molar-refractivity contribution in [2.45, 2.75) is 59.0 Å². The molecule has 2 unspecified atom stereocenters. The second-order valence-electron chi connectivity index (χ2n) is 5.53. The summed E-state index contributed by atoms with van der Waals surface area (Å²) in [6.45, 7) is 8.31. The van der Waals surface area contributed by atoms with Crippen LogP contribution >= 0.6 is 0 Å². The summed E-state index contributed by atoms with van der Waals surface area (Å²) < 4.78 is 0. The molecule has 1 aromatic heterocycles. The highest BCUT2D eigenvalue weighted by Gasteiger charge is 2.25. The van der Waals surface area contributed by atoms with Gasteiger partial charge in [0.25, 0.3) is 0 Å². The average molecular weight is 258 g/mol. The van der Waals surface area contributed by atoms with E-state index in [9.17, 15) is 5.26 Å². The third-order valence-electron chi connectivity index (χ3n) is 3.88. The fourth-order valence-corrected chi connectivity index (χ4v) is 2.84. The summed E-state index contributed by atoms with van der Waals surface area (Å²) in [5.41, 5.74) is 6.72. The molecule has 0 amide bonds. The van der Waals surface area contributed by atoms with Gasteiger partial charge in [0.15, 0.2) is 0 Å². The van der Waals surface area contributed by atoms with Crippen LogP contribution < -0.4 is 5.43 Å². The lowest BCUT2D eigenvalue weighted by Gasteiger charge is -2.39. The van der Waals surface area contributed by atoms with Gasteiger partial charge in [-0.1, -0.05) is 6.42 Å². The molecule has 0 aliphatic carbocycles. The highest BCUT2D eigenvalue weighted by atomic mass is 15.5. The van der Waals surface area contributed by atoms with Gasteiger partial charge in [-0.3, -0.25) is 4.98 Å². The molecule has 0 radical (unpaired) electrons. The summed E-state index contributed by atoms with van der Waals surface area (Å²) in [4.78, 5) is 4.36. The Morgan fingerprint density at radius 3 is 2.53 bits per heavy atom. The van der Waals surface area contributed by atoms with Gasteiger partial charge in [-0.25, -0.2) is 5.01 Å². The molecule has 4 heteroatoms. The van der Waals surface area contributed by atoms with Gasteiger partial charge in [0.2, 0.25) is 0 Å². The van der Waals surface area contributed by atoms with Crippen LogP contribution in [0.5, 0.6) is 0 Å². The molecule has 0 aromatic carbocycles. The highest BCUT2D eigenvalue weighted by molar-refractivity contribution is 5.59. The molecule has 2 rings (SSSR count). The molecule has 2 heterocycles. The van der Waals surface area contributed by atoms with Crippen molar-refractivity contribution in [3.8, 4) is 6.07 Å². The van der Waals surface area contributed by atoms with Gasteiger partial charge in [-0.15, -0.1) is 0 Å². The first-order chi connectivity index (χ1) is 9.02. The van der Waals surface area contributed by atoms with Crippen molar-refractivity contribution in [2.24, 2.45) is 0 Å². The zero-order valence-corrected chi connectivity index (χ0v) is 12.2. The predicted molar refractivity (Wildman–Crippen MR) is 76.7 cm³/mol. The minimum atomic E-state index is 0.490. The Kier molecular flexibility index (Phi) is 4.06. The summed E-state index contributed by atoms with van der Waals surface area (Å²) in [6.07, 6.45) is 3.67. The van der Waals surface area contributed by atoms with Crippen LogP contribution in [0.15, 0.2) is 6.07 Å². The first kappa shape index (κ1) is 13.8. The van der Waals surface area contributed by atoms with Gasteiger partial charge in [0.05, 0.1) is 16.9 Å². The maximum absolute atomic E-state index is 9.30. The second-order valence-corrected chi connectivity index (χ2v) is 5.53. The Hall–Kier alpha value is -1.60. The smallest absolute Gasteiger partial charge is 0.103 e. The first-order valence-corrected chi connectivity index (χ1v) is 6.96. The summed E-state index contributed by atoms with van der Waals surface area (Å²) in [7, 11) is 0. The van der Waals surface area contributed by atoms with Gasteiger partial charge in [-0.2, -0.15) is 5.26 Å². The van der Waals surface area contributed by atoms with E-state index < -0.39 is 0 Å². The Bertz CT molecular complexity index is 494. The molecule has 0 saturated carbocycles. The fourth-order valence-electron chi connectivity index (χ4n) is 2.84. The zero-order valence-electron chi connectivity index (χ0n) is 12.2. The lowest BCUT2D eigenvalue weighted by molar-refractivity contribution is 0.135. The average Bonchev–Trinajstić information content (AvgIpc) is 2.33. The Morgan fingerprint density at radius 1 is 1.32 bits per heavy atom. The van der Waals surface area contributed by atoms with E-state index in [-0.39, 0.29) is 0 Å². The molecule has 1 saturated heterocycles. The van der Waals surface area contributed by atoms with Crippen molar-refractivity contribution < 1.29 is 0 Å². The van der Waals surface area contributed by atoms with Crippen LogP contribution in [0.25, 0.3) is 0 Å². The second kappa shape index (κ2) is 5.58. The number of piperidine rings is 1. The van der Waals surface area contributed by atoms with Crippen molar-refractivity contribution in [2.75, 3.05) is 5.43 Å². The van der Waals surface area contributed by atoms with Crippen LogP contribution in [0.1, 0.15) is 50.1 Å². The minimum absolute atomic E-state index is 0.490. The number of hydrogen-bond donors (Lipinski definition) is 1. The van der Waals surface area contributed by atoms with Crippen LogP contribution in [0.2, 0.25) is 0 Å². The van der Waals surface area contributed by atoms with Crippen LogP contribution in [-0.2, 0) is 0 Å². The molecule has 2 atom stereocenters. The molecular weight excluding hydrogens is 236 g/mol. The fraction of sp³-hybridized carbons (Fsp3) is 0.600. The molecule has 102 valence electrons. The standard InChI is InChI=1S/C15H22N4/c1-10-8-15(14(9-16)13(4)17-10)18-19-11(2)6-5-7-12(19)3/h8,11-12H,5-7H2,1-4H3,(H,17,18). The zero-order chi connectivity index (χ0) is 14.0. The number of rotatable bonds is 2. The third kappa shape index (κ3) is 2.87. The van der Waals surface area contributed by atoms with Crippen molar-refractivity contribution in [3.05, 3.63) is 23.0 Å². The monoisotopic (exact) mass is 258 g/mol. The number of aryl methyl sites for hydroxylation is 2. The molecule has 1 aliphatic heterocycles. The number of nitrogens with one attached hydrogen (secondary N) is 1. The number of nitriles is 1. The SMILES string of the molecule is Cc1cc(NN2C(C)CCCC2C)c(C#N)c(C)n1. The number of anilines is 1. The van der Waals surface area contributed by atoms with E-state index in [0.29, 0.717) is 17.6 Å². The molecule has 0 spiro atoms. The van der Waals surface area contributed by atoms with Gasteiger partial charge in [0.1, 0.15) is 6.07 Å². The molecule has 1 fully saturated rings. The third-order valence-corrected chi connectivity index (χ3v) is 3.88. The maximum atomic E-state index is 9.30. The first-order valence-electron chi connectivity index (χ1n) is 6.96. The van der Waals surface area contributed by atoms with E-state index in [4.69, 9.17) is 0 Å². The highest BCUT2D eigenvalue weighted by Crippen LogP contribution is 2.26. The van der Waals surface area contributed by atoms with Crippen LogP contribution in [-0.4, -0.2) is 22.1 Å². The van der Waals surface area contributed by atoms with E-state index in [0.717, 1.165) is 17.1 Å². The molecule has 1 aliphatic rings. The lowest BCUT2D eigenvalue weighted by Crippen LogP contribution is -2.47. The van der Waals surface area contributed by atoms with Crippen molar-refractivity contribution in [1.82, 2.24) is 9.99 Å². The van der Waals surface area contributed by atoms with Crippen molar-refractivity contribution in [3.63, 3.8) is 0 Å². The number of aromatic nitrogens is 1. The van der Waals surface area contributed by atoms with Gasteiger partial charge in [-0.05, 0) is 46.6 Å². The van der Waals surface area contributed by atoms with Crippen LogP contribution in [0, 0.1) is 25.2 Å².